The van der Waals surface area contributed by atoms with E-state index in [0.717, 1.165) is 24.9 Å². The molecule has 0 saturated carbocycles. The third-order valence-corrected chi connectivity index (χ3v) is 3.82. The quantitative estimate of drug-likeness (QED) is 0.726. The van der Waals surface area contributed by atoms with E-state index in [1.54, 1.807) is 0 Å². The molecule has 2 rings (SSSR count). The molecule has 1 heterocycles. The molecule has 1 atom stereocenters. The Morgan fingerprint density at radius 3 is 2.65 bits per heavy atom. The summed E-state index contributed by atoms with van der Waals surface area (Å²) < 4.78 is 0. The van der Waals surface area contributed by atoms with E-state index in [1.807, 2.05) is 23.1 Å². The standard InChI is InChI=1S/C15H21NO/c1-11-7-8-14(10-12(11)2)15(17)16-9-5-4-6-13(16)3/h7-8,10,13H,4-6,9H2,1-3H3. The third-order valence-electron chi connectivity index (χ3n) is 3.82. The number of benzene rings is 1. The Morgan fingerprint density at radius 2 is 2.00 bits per heavy atom. The lowest BCUT2D eigenvalue weighted by atomic mass is 10.0. The van der Waals surface area contributed by atoms with Gasteiger partial charge in [-0.15, -0.1) is 0 Å². The molecular weight excluding hydrogens is 210 g/mol. The van der Waals surface area contributed by atoms with Gasteiger partial charge in [-0.3, -0.25) is 4.79 Å². The van der Waals surface area contributed by atoms with Crippen molar-refractivity contribution in [2.24, 2.45) is 0 Å². The maximum absolute atomic E-state index is 12.4. The summed E-state index contributed by atoms with van der Waals surface area (Å²) in [4.78, 5) is 14.4. The van der Waals surface area contributed by atoms with Crippen molar-refractivity contribution in [2.45, 2.75) is 46.1 Å². The number of carbonyl (C=O) groups excluding carboxylic acids is 1. The summed E-state index contributed by atoms with van der Waals surface area (Å²) in [7, 11) is 0. The zero-order chi connectivity index (χ0) is 12.4. The molecule has 1 fully saturated rings. The first-order valence-electron chi connectivity index (χ1n) is 6.48. The van der Waals surface area contributed by atoms with E-state index in [9.17, 15) is 4.79 Å². The van der Waals surface area contributed by atoms with Crippen LogP contribution in [0.4, 0.5) is 0 Å². The molecule has 1 aliphatic heterocycles. The minimum Gasteiger partial charge on any atom is -0.336 e. The van der Waals surface area contributed by atoms with Crippen LogP contribution in [0.25, 0.3) is 0 Å². The van der Waals surface area contributed by atoms with Crippen LogP contribution in [0.3, 0.4) is 0 Å². The normalized spacial score (nSPS) is 20.4. The number of amides is 1. The lowest BCUT2D eigenvalue weighted by Gasteiger charge is -2.33. The molecule has 1 amide bonds. The molecular formula is C15H21NO. The molecule has 0 radical (unpaired) electrons. The number of rotatable bonds is 1. The Balaban J connectivity index is 2.21. The first-order valence-corrected chi connectivity index (χ1v) is 6.48. The maximum Gasteiger partial charge on any atom is 0.254 e. The van der Waals surface area contributed by atoms with Gasteiger partial charge in [-0.1, -0.05) is 6.07 Å². The summed E-state index contributed by atoms with van der Waals surface area (Å²) in [5.41, 5.74) is 3.27. The Hall–Kier alpha value is -1.31. The van der Waals surface area contributed by atoms with Crippen molar-refractivity contribution < 1.29 is 4.79 Å². The van der Waals surface area contributed by atoms with Crippen molar-refractivity contribution in [3.8, 4) is 0 Å². The maximum atomic E-state index is 12.4. The average molecular weight is 231 g/mol. The number of aryl methyl sites for hydroxylation is 2. The van der Waals surface area contributed by atoms with Crippen molar-refractivity contribution in [1.29, 1.82) is 0 Å². The molecule has 1 saturated heterocycles. The second-order valence-electron chi connectivity index (χ2n) is 5.14. The fourth-order valence-corrected chi connectivity index (χ4v) is 2.44. The highest BCUT2D eigenvalue weighted by Crippen LogP contribution is 2.20. The summed E-state index contributed by atoms with van der Waals surface area (Å²) in [6.45, 7) is 7.20. The SMILES string of the molecule is Cc1ccc(C(=O)N2CCCCC2C)cc1C. The molecule has 0 aliphatic carbocycles. The summed E-state index contributed by atoms with van der Waals surface area (Å²) >= 11 is 0. The first-order chi connectivity index (χ1) is 8.09. The van der Waals surface area contributed by atoms with Crippen LogP contribution in [-0.2, 0) is 0 Å². The van der Waals surface area contributed by atoms with Gasteiger partial charge in [-0.25, -0.2) is 0 Å². The van der Waals surface area contributed by atoms with E-state index < -0.39 is 0 Å². The molecule has 1 aromatic carbocycles. The first kappa shape index (κ1) is 12.2. The predicted octanol–water partition coefficient (Wildman–Crippen LogP) is 3.32. The average Bonchev–Trinajstić information content (AvgIpc) is 2.32. The van der Waals surface area contributed by atoms with E-state index in [2.05, 4.69) is 20.8 Å². The molecule has 1 aromatic rings. The second-order valence-corrected chi connectivity index (χ2v) is 5.14. The van der Waals surface area contributed by atoms with Gasteiger partial charge < -0.3 is 4.90 Å². The van der Waals surface area contributed by atoms with E-state index in [-0.39, 0.29) is 5.91 Å². The van der Waals surface area contributed by atoms with Crippen molar-refractivity contribution in [1.82, 2.24) is 4.90 Å². The van der Waals surface area contributed by atoms with Gasteiger partial charge >= 0.3 is 0 Å². The minimum atomic E-state index is 0.195. The smallest absolute Gasteiger partial charge is 0.254 e. The molecule has 92 valence electrons. The topological polar surface area (TPSA) is 20.3 Å². The van der Waals surface area contributed by atoms with Crippen LogP contribution in [0.5, 0.6) is 0 Å². The summed E-state index contributed by atoms with van der Waals surface area (Å²) in [5.74, 6) is 0.195. The molecule has 1 unspecified atom stereocenters. The van der Waals surface area contributed by atoms with Gasteiger partial charge in [0.05, 0.1) is 0 Å². The fraction of sp³-hybridized carbons (Fsp3) is 0.533. The largest absolute Gasteiger partial charge is 0.336 e. The number of hydrogen-bond donors (Lipinski definition) is 0. The number of nitrogens with zero attached hydrogens (tertiary/aromatic N) is 1. The molecule has 2 heteroatoms. The van der Waals surface area contributed by atoms with Gasteiger partial charge in [0.15, 0.2) is 0 Å². The van der Waals surface area contributed by atoms with Crippen molar-refractivity contribution in [2.75, 3.05) is 6.54 Å². The predicted molar refractivity (Wildman–Crippen MR) is 70.3 cm³/mol. The van der Waals surface area contributed by atoms with Crippen LogP contribution in [-0.4, -0.2) is 23.4 Å². The molecule has 0 N–H and O–H groups in total. The number of carbonyl (C=O) groups is 1. The lowest BCUT2D eigenvalue weighted by molar-refractivity contribution is 0.0635. The molecule has 17 heavy (non-hydrogen) atoms. The molecule has 2 nitrogen and oxygen atoms in total. The molecule has 0 bridgehead atoms. The molecule has 1 aliphatic rings. The lowest BCUT2D eigenvalue weighted by Crippen LogP contribution is -2.42. The second kappa shape index (κ2) is 4.91. The Labute approximate surface area is 104 Å². The summed E-state index contributed by atoms with van der Waals surface area (Å²) in [6.07, 6.45) is 3.52. The Kier molecular flexibility index (Phi) is 3.51. The summed E-state index contributed by atoms with van der Waals surface area (Å²) in [6, 6.07) is 6.39. The zero-order valence-electron chi connectivity index (χ0n) is 11.0. The molecule has 0 aromatic heterocycles. The summed E-state index contributed by atoms with van der Waals surface area (Å²) in [5, 5.41) is 0. The minimum absolute atomic E-state index is 0.195. The van der Waals surface area contributed by atoms with Crippen LogP contribution in [0.15, 0.2) is 18.2 Å². The van der Waals surface area contributed by atoms with Crippen molar-refractivity contribution in [3.05, 3.63) is 34.9 Å². The van der Waals surface area contributed by atoms with Gasteiger partial charge in [-0.05, 0) is 63.3 Å². The van der Waals surface area contributed by atoms with Crippen LogP contribution >= 0.6 is 0 Å². The van der Waals surface area contributed by atoms with E-state index in [4.69, 9.17) is 0 Å². The van der Waals surface area contributed by atoms with Crippen LogP contribution < -0.4 is 0 Å². The van der Waals surface area contributed by atoms with Crippen LogP contribution in [0, 0.1) is 13.8 Å². The molecule has 0 spiro atoms. The van der Waals surface area contributed by atoms with Gasteiger partial charge in [0.1, 0.15) is 0 Å². The number of piperidine rings is 1. The highest BCUT2D eigenvalue weighted by Gasteiger charge is 2.24. The van der Waals surface area contributed by atoms with Gasteiger partial charge in [0.25, 0.3) is 5.91 Å². The van der Waals surface area contributed by atoms with Crippen molar-refractivity contribution in [3.63, 3.8) is 0 Å². The van der Waals surface area contributed by atoms with E-state index in [0.29, 0.717) is 6.04 Å². The fourth-order valence-electron chi connectivity index (χ4n) is 2.44. The van der Waals surface area contributed by atoms with Gasteiger partial charge in [0.2, 0.25) is 0 Å². The third kappa shape index (κ3) is 2.51. The van der Waals surface area contributed by atoms with Crippen molar-refractivity contribution >= 4 is 5.91 Å². The zero-order valence-corrected chi connectivity index (χ0v) is 11.0. The highest BCUT2D eigenvalue weighted by atomic mass is 16.2. The van der Waals surface area contributed by atoms with Crippen LogP contribution in [0.2, 0.25) is 0 Å². The van der Waals surface area contributed by atoms with Crippen LogP contribution in [0.1, 0.15) is 47.7 Å². The van der Waals surface area contributed by atoms with Gasteiger partial charge in [0, 0.05) is 18.2 Å². The van der Waals surface area contributed by atoms with E-state index in [1.165, 1.54) is 17.5 Å². The van der Waals surface area contributed by atoms with E-state index >= 15 is 0 Å². The monoisotopic (exact) mass is 231 g/mol. The van der Waals surface area contributed by atoms with Gasteiger partial charge in [-0.2, -0.15) is 0 Å². The number of likely N-dealkylation sites (tertiary alicyclic amines) is 1. The Morgan fingerprint density at radius 1 is 1.24 bits per heavy atom. The Bertz CT molecular complexity index is 425. The number of hydrogen-bond acceptors (Lipinski definition) is 1. The highest BCUT2D eigenvalue weighted by molar-refractivity contribution is 5.94.